The van der Waals surface area contributed by atoms with Crippen LogP contribution in [-0.4, -0.2) is 16.2 Å². The number of hydrogen-bond acceptors (Lipinski definition) is 2. The molecule has 0 bridgehead atoms. The van der Waals surface area contributed by atoms with E-state index in [0.717, 1.165) is 12.5 Å². The molecule has 0 amide bonds. The zero-order valence-electron chi connectivity index (χ0n) is 9.75. The van der Waals surface area contributed by atoms with Crippen LogP contribution >= 0.6 is 0 Å². The van der Waals surface area contributed by atoms with Gasteiger partial charge in [-0.05, 0) is 18.9 Å². The van der Waals surface area contributed by atoms with Gasteiger partial charge < -0.3 is 10.2 Å². The normalized spacial score (nSPS) is 18.6. The second-order valence-electron chi connectivity index (χ2n) is 4.73. The molecule has 0 radical (unpaired) electrons. The largest absolute Gasteiger partial charge is 0.505 e. The third-order valence-corrected chi connectivity index (χ3v) is 3.67. The summed E-state index contributed by atoms with van der Waals surface area (Å²) in [5.41, 5.74) is -1.46. The van der Waals surface area contributed by atoms with Crippen LogP contribution in [0.4, 0.5) is 8.78 Å². The molecule has 0 unspecified atom stereocenters. The van der Waals surface area contributed by atoms with Crippen LogP contribution in [0.1, 0.15) is 37.7 Å². The summed E-state index contributed by atoms with van der Waals surface area (Å²) in [4.78, 5) is 11.5. The van der Waals surface area contributed by atoms with Crippen molar-refractivity contribution in [3.63, 3.8) is 0 Å². The number of hydrogen-bond donors (Lipinski definition) is 2. The van der Waals surface area contributed by atoms with Crippen molar-refractivity contribution in [1.82, 2.24) is 0 Å². The number of carboxylic acids is 1. The van der Waals surface area contributed by atoms with Gasteiger partial charge in [-0.1, -0.05) is 19.3 Å². The van der Waals surface area contributed by atoms with E-state index in [-0.39, 0.29) is 5.56 Å². The molecule has 1 aromatic carbocycles. The molecule has 0 aliphatic heterocycles. The molecule has 0 spiro atoms. The predicted octanol–water partition coefficient (Wildman–Crippen LogP) is 2.96. The average molecular weight is 256 g/mol. The first-order valence-corrected chi connectivity index (χ1v) is 5.89. The molecule has 18 heavy (non-hydrogen) atoms. The lowest BCUT2D eigenvalue weighted by Gasteiger charge is -2.33. The van der Waals surface area contributed by atoms with E-state index in [0.29, 0.717) is 31.7 Å². The van der Waals surface area contributed by atoms with E-state index in [4.69, 9.17) is 0 Å². The van der Waals surface area contributed by atoms with Gasteiger partial charge in [0.25, 0.3) is 0 Å². The van der Waals surface area contributed by atoms with E-state index < -0.39 is 28.8 Å². The van der Waals surface area contributed by atoms with Crippen molar-refractivity contribution in [2.45, 2.75) is 37.5 Å². The van der Waals surface area contributed by atoms with Crippen LogP contribution < -0.4 is 0 Å². The summed E-state index contributed by atoms with van der Waals surface area (Å²) in [7, 11) is 0. The summed E-state index contributed by atoms with van der Waals surface area (Å²) in [6, 6.07) is 1.45. The van der Waals surface area contributed by atoms with Crippen LogP contribution in [0.15, 0.2) is 12.1 Å². The Balaban J connectivity index is 2.55. The second kappa shape index (κ2) is 4.55. The van der Waals surface area contributed by atoms with Crippen LogP contribution in [0.5, 0.6) is 5.75 Å². The number of benzene rings is 1. The van der Waals surface area contributed by atoms with Gasteiger partial charge in [0.1, 0.15) is 5.82 Å². The first kappa shape index (κ1) is 12.8. The molecule has 0 atom stereocenters. The van der Waals surface area contributed by atoms with Gasteiger partial charge in [0, 0.05) is 11.6 Å². The van der Waals surface area contributed by atoms with Gasteiger partial charge in [-0.25, -0.2) is 8.78 Å². The fourth-order valence-electron chi connectivity index (χ4n) is 2.66. The SMILES string of the molecule is O=C(O)C1(c2cc(O)c(F)cc2F)CCCCC1. The molecule has 98 valence electrons. The Morgan fingerprint density at radius 3 is 2.28 bits per heavy atom. The monoisotopic (exact) mass is 256 g/mol. The molecular weight excluding hydrogens is 242 g/mol. The minimum absolute atomic E-state index is 0.117. The smallest absolute Gasteiger partial charge is 0.314 e. The average Bonchev–Trinajstić information content (AvgIpc) is 2.34. The minimum Gasteiger partial charge on any atom is -0.505 e. The van der Waals surface area contributed by atoms with Crippen molar-refractivity contribution in [2.24, 2.45) is 0 Å². The Morgan fingerprint density at radius 1 is 1.11 bits per heavy atom. The highest BCUT2D eigenvalue weighted by molar-refractivity contribution is 5.81. The predicted molar refractivity (Wildman–Crippen MR) is 60.4 cm³/mol. The van der Waals surface area contributed by atoms with Crippen LogP contribution in [0, 0.1) is 11.6 Å². The summed E-state index contributed by atoms with van der Waals surface area (Å²) in [6.07, 6.45) is 2.90. The molecule has 2 N–H and O–H groups in total. The highest BCUT2D eigenvalue weighted by Crippen LogP contribution is 2.42. The highest BCUT2D eigenvalue weighted by Gasteiger charge is 2.43. The Hall–Kier alpha value is -1.65. The third-order valence-electron chi connectivity index (χ3n) is 3.67. The molecule has 1 fully saturated rings. The molecule has 0 aromatic heterocycles. The summed E-state index contributed by atoms with van der Waals surface area (Å²) < 4.78 is 26.8. The summed E-state index contributed by atoms with van der Waals surface area (Å²) >= 11 is 0. The number of carbonyl (C=O) groups is 1. The maximum Gasteiger partial charge on any atom is 0.314 e. The van der Waals surface area contributed by atoms with Crippen molar-refractivity contribution in [3.05, 3.63) is 29.3 Å². The van der Waals surface area contributed by atoms with Crippen molar-refractivity contribution in [1.29, 1.82) is 0 Å². The third kappa shape index (κ3) is 1.94. The van der Waals surface area contributed by atoms with E-state index in [1.54, 1.807) is 0 Å². The zero-order valence-corrected chi connectivity index (χ0v) is 9.75. The van der Waals surface area contributed by atoms with Crippen LogP contribution in [0.25, 0.3) is 0 Å². The Kier molecular flexibility index (Phi) is 3.24. The van der Waals surface area contributed by atoms with Gasteiger partial charge in [-0.15, -0.1) is 0 Å². The molecule has 0 saturated heterocycles. The number of aromatic hydroxyl groups is 1. The molecule has 1 saturated carbocycles. The van der Waals surface area contributed by atoms with E-state index in [2.05, 4.69) is 0 Å². The number of rotatable bonds is 2. The molecule has 1 aliphatic rings. The fourth-order valence-corrected chi connectivity index (χ4v) is 2.66. The number of phenolic OH excluding ortho intramolecular Hbond substituents is 1. The first-order chi connectivity index (χ1) is 8.47. The molecule has 2 rings (SSSR count). The topological polar surface area (TPSA) is 57.5 Å². The quantitative estimate of drug-likeness (QED) is 0.855. The van der Waals surface area contributed by atoms with E-state index in [1.165, 1.54) is 0 Å². The number of carboxylic acid groups (broad SMARTS) is 1. The second-order valence-corrected chi connectivity index (χ2v) is 4.73. The number of aliphatic carboxylic acids is 1. The van der Waals surface area contributed by atoms with Gasteiger partial charge in [0.2, 0.25) is 0 Å². The summed E-state index contributed by atoms with van der Waals surface area (Å²) in [6.45, 7) is 0. The van der Waals surface area contributed by atoms with E-state index >= 15 is 0 Å². The number of phenols is 1. The van der Waals surface area contributed by atoms with Crippen LogP contribution in [0.2, 0.25) is 0 Å². The maximum atomic E-state index is 13.8. The maximum absolute atomic E-state index is 13.8. The lowest BCUT2D eigenvalue weighted by molar-refractivity contribution is -0.145. The van der Waals surface area contributed by atoms with Gasteiger partial charge in [0.05, 0.1) is 5.41 Å². The fraction of sp³-hybridized carbons (Fsp3) is 0.462. The summed E-state index contributed by atoms with van der Waals surface area (Å²) in [5.74, 6) is -3.81. The Morgan fingerprint density at radius 2 is 1.72 bits per heavy atom. The molecule has 1 aliphatic carbocycles. The van der Waals surface area contributed by atoms with Crippen molar-refractivity contribution in [2.75, 3.05) is 0 Å². The van der Waals surface area contributed by atoms with E-state index in [1.807, 2.05) is 0 Å². The van der Waals surface area contributed by atoms with Gasteiger partial charge >= 0.3 is 5.97 Å². The standard InChI is InChI=1S/C13H14F2O3/c14-9-7-10(15)11(16)6-8(9)13(12(17)18)4-2-1-3-5-13/h6-7,16H,1-5H2,(H,17,18). The van der Waals surface area contributed by atoms with Crippen molar-refractivity contribution >= 4 is 5.97 Å². The molecule has 0 heterocycles. The minimum atomic E-state index is -1.34. The van der Waals surface area contributed by atoms with Crippen LogP contribution in [0.3, 0.4) is 0 Å². The highest BCUT2D eigenvalue weighted by atomic mass is 19.1. The van der Waals surface area contributed by atoms with E-state index in [9.17, 15) is 23.8 Å². The first-order valence-electron chi connectivity index (χ1n) is 5.89. The number of halogens is 2. The molecule has 3 nitrogen and oxygen atoms in total. The molecular formula is C13H14F2O3. The molecule has 5 heteroatoms. The Labute approximate surface area is 103 Å². The van der Waals surface area contributed by atoms with Crippen molar-refractivity contribution in [3.8, 4) is 5.75 Å². The van der Waals surface area contributed by atoms with Gasteiger partial charge in [-0.3, -0.25) is 4.79 Å². The zero-order chi connectivity index (χ0) is 13.3. The summed E-state index contributed by atoms with van der Waals surface area (Å²) in [5, 5.41) is 18.7. The molecule has 1 aromatic rings. The van der Waals surface area contributed by atoms with Crippen LogP contribution in [-0.2, 0) is 10.2 Å². The Bertz CT molecular complexity index is 479. The lowest BCUT2D eigenvalue weighted by Crippen LogP contribution is -2.38. The van der Waals surface area contributed by atoms with Gasteiger partial charge in [-0.2, -0.15) is 0 Å². The lowest BCUT2D eigenvalue weighted by atomic mass is 9.69. The van der Waals surface area contributed by atoms with Crippen molar-refractivity contribution < 1.29 is 23.8 Å². The van der Waals surface area contributed by atoms with Gasteiger partial charge in [0.15, 0.2) is 11.6 Å².